The van der Waals surface area contributed by atoms with Crippen molar-refractivity contribution >= 4 is 10.8 Å². The first kappa shape index (κ1) is 17.6. The summed E-state index contributed by atoms with van der Waals surface area (Å²) in [5.41, 5.74) is 3.06. The lowest BCUT2D eigenvalue weighted by atomic mass is 9.83. The highest BCUT2D eigenvalue weighted by Gasteiger charge is 2.33. The summed E-state index contributed by atoms with van der Waals surface area (Å²) in [4.78, 5) is 8.84. The third kappa shape index (κ3) is 2.89. The highest BCUT2D eigenvalue weighted by Crippen LogP contribution is 2.47. The molecule has 4 aromatic rings. The Hall–Kier alpha value is -3.51. The van der Waals surface area contributed by atoms with Crippen molar-refractivity contribution in [2.45, 2.75) is 18.9 Å². The van der Waals surface area contributed by atoms with Gasteiger partial charge in [-0.25, -0.2) is 4.98 Å². The minimum absolute atomic E-state index is 0.0703. The number of rotatable bonds is 4. The molecule has 0 fully saturated rings. The van der Waals surface area contributed by atoms with Crippen LogP contribution in [0.3, 0.4) is 0 Å². The summed E-state index contributed by atoms with van der Waals surface area (Å²) in [6.45, 7) is 0.598. The van der Waals surface area contributed by atoms with Crippen LogP contribution in [0.25, 0.3) is 10.8 Å². The number of aryl methyl sites for hydroxylation is 1. The fourth-order valence-electron chi connectivity index (χ4n) is 4.00. The number of nitrogens with one attached hydrogen (secondary N) is 1. The van der Waals surface area contributed by atoms with E-state index in [-0.39, 0.29) is 12.5 Å². The van der Waals surface area contributed by atoms with Gasteiger partial charge in [-0.05, 0) is 23.4 Å². The second-order valence-corrected chi connectivity index (χ2v) is 7.11. The third-order valence-electron chi connectivity index (χ3n) is 5.37. The molecule has 0 bridgehead atoms. The summed E-state index contributed by atoms with van der Waals surface area (Å²) in [6, 6.07) is 16.2. The zero-order valence-corrected chi connectivity index (χ0v) is 15.7. The van der Waals surface area contributed by atoms with Gasteiger partial charge in [0.2, 0.25) is 5.88 Å². The SMILES string of the molecule is N=c1c2c(ncn1CCCO)Oc1c(ccc3ccccc13)C2c1cccnc1. The van der Waals surface area contributed by atoms with Crippen LogP contribution >= 0.6 is 0 Å². The minimum Gasteiger partial charge on any atom is -0.438 e. The lowest BCUT2D eigenvalue weighted by Gasteiger charge is -2.29. The molecule has 0 radical (unpaired) electrons. The van der Waals surface area contributed by atoms with Crippen molar-refractivity contribution in [1.29, 1.82) is 5.41 Å². The standard InChI is InChI=1S/C23H20N4O2/c24-22-20-19(16-6-3-10-25-13-16)18-9-8-15-5-1-2-7-17(15)21(18)29-23(20)26-14-27(22)11-4-12-28/h1-3,5-10,13-14,19,24,28H,4,11-12H2. The van der Waals surface area contributed by atoms with Crippen LogP contribution in [-0.4, -0.2) is 26.2 Å². The van der Waals surface area contributed by atoms with Gasteiger partial charge < -0.3 is 14.4 Å². The molecule has 3 heterocycles. The van der Waals surface area contributed by atoms with Crippen LogP contribution in [0.2, 0.25) is 0 Å². The molecule has 144 valence electrons. The zero-order chi connectivity index (χ0) is 19.8. The van der Waals surface area contributed by atoms with E-state index >= 15 is 0 Å². The predicted octanol–water partition coefficient (Wildman–Crippen LogP) is 3.58. The van der Waals surface area contributed by atoms with E-state index in [1.807, 2.05) is 36.5 Å². The van der Waals surface area contributed by atoms with E-state index in [4.69, 9.17) is 10.1 Å². The largest absolute Gasteiger partial charge is 0.438 e. The maximum Gasteiger partial charge on any atom is 0.228 e. The molecule has 6 heteroatoms. The van der Waals surface area contributed by atoms with Gasteiger partial charge in [0.1, 0.15) is 17.6 Å². The number of nitrogens with zero attached hydrogens (tertiary/aromatic N) is 3. The minimum atomic E-state index is -0.200. The highest BCUT2D eigenvalue weighted by molar-refractivity contribution is 5.91. The molecule has 2 N–H and O–H groups in total. The van der Waals surface area contributed by atoms with Gasteiger partial charge in [0, 0.05) is 42.4 Å². The Labute approximate surface area is 167 Å². The van der Waals surface area contributed by atoms with Crippen LogP contribution in [0.5, 0.6) is 11.6 Å². The van der Waals surface area contributed by atoms with Crippen molar-refractivity contribution in [2.24, 2.45) is 0 Å². The summed E-state index contributed by atoms with van der Waals surface area (Å²) < 4.78 is 8.03. The Kier molecular flexibility index (Phi) is 4.33. The Morgan fingerprint density at radius 3 is 2.83 bits per heavy atom. The first-order valence-electron chi connectivity index (χ1n) is 9.62. The Bertz CT molecular complexity index is 1250. The lowest BCUT2D eigenvalue weighted by Crippen LogP contribution is -2.30. The van der Waals surface area contributed by atoms with Crippen molar-refractivity contribution in [3.8, 4) is 11.6 Å². The molecule has 0 spiro atoms. The van der Waals surface area contributed by atoms with E-state index in [0.29, 0.717) is 24.3 Å². The Morgan fingerprint density at radius 2 is 2.00 bits per heavy atom. The number of fused-ring (bicyclic) bond motifs is 4. The molecule has 0 saturated carbocycles. The average molecular weight is 384 g/mol. The number of hydrogen-bond acceptors (Lipinski definition) is 5. The number of pyridine rings is 1. The van der Waals surface area contributed by atoms with Gasteiger partial charge in [-0.1, -0.05) is 42.5 Å². The van der Waals surface area contributed by atoms with E-state index in [1.165, 1.54) is 0 Å². The first-order valence-corrected chi connectivity index (χ1v) is 9.62. The topological polar surface area (TPSA) is 84.0 Å². The molecule has 1 atom stereocenters. The van der Waals surface area contributed by atoms with E-state index < -0.39 is 0 Å². The molecular weight excluding hydrogens is 364 g/mol. The molecule has 5 rings (SSSR count). The fourth-order valence-corrected chi connectivity index (χ4v) is 4.00. The van der Waals surface area contributed by atoms with Crippen LogP contribution in [0.1, 0.15) is 29.0 Å². The van der Waals surface area contributed by atoms with Crippen molar-refractivity contribution in [2.75, 3.05) is 6.61 Å². The fraction of sp³-hybridized carbons (Fsp3) is 0.174. The Balaban J connectivity index is 1.78. The van der Waals surface area contributed by atoms with Gasteiger partial charge in [-0.2, -0.15) is 0 Å². The summed E-state index contributed by atoms with van der Waals surface area (Å²) in [5.74, 6) is 1.03. The number of ether oxygens (including phenoxy) is 1. The summed E-state index contributed by atoms with van der Waals surface area (Å²) >= 11 is 0. The molecule has 6 nitrogen and oxygen atoms in total. The molecule has 29 heavy (non-hydrogen) atoms. The van der Waals surface area contributed by atoms with Crippen LogP contribution < -0.4 is 10.2 Å². The summed E-state index contributed by atoms with van der Waals surface area (Å²) in [6.07, 6.45) is 5.77. The predicted molar refractivity (Wildman–Crippen MR) is 109 cm³/mol. The molecule has 0 amide bonds. The van der Waals surface area contributed by atoms with Gasteiger partial charge in [-0.3, -0.25) is 10.4 Å². The number of hydrogen-bond donors (Lipinski definition) is 2. The molecule has 1 unspecified atom stereocenters. The smallest absolute Gasteiger partial charge is 0.228 e. The highest BCUT2D eigenvalue weighted by atomic mass is 16.5. The molecular formula is C23H20N4O2. The normalized spacial score (nSPS) is 14.9. The molecule has 1 aliphatic rings. The van der Waals surface area contributed by atoms with Gasteiger partial charge in [0.15, 0.2) is 0 Å². The van der Waals surface area contributed by atoms with Crippen LogP contribution in [0.15, 0.2) is 67.3 Å². The quantitative estimate of drug-likeness (QED) is 0.496. The van der Waals surface area contributed by atoms with Crippen LogP contribution in [0.4, 0.5) is 0 Å². The first-order chi connectivity index (χ1) is 14.3. The molecule has 0 saturated heterocycles. The molecule has 1 aliphatic heterocycles. The van der Waals surface area contributed by atoms with E-state index in [0.717, 1.165) is 33.2 Å². The molecule has 0 aliphatic carbocycles. The van der Waals surface area contributed by atoms with Crippen molar-refractivity contribution < 1.29 is 9.84 Å². The third-order valence-corrected chi connectivity index (χ3v) is 5.37. The monoisotopic (exact) mass is 384 g/mol. The number of aromatic nitrogens is 3. The number of aliphatic hydroxyl groups excluding tert-OH is 1. The lowest BCUT2D eigenvalue weighted by molar-refractivity contribution is 0.278. The van der Waals surface area contributed by atoms with E-state index in [9.17, 15) is 5.11 Å². The second kappa shape index (κ2) is 7.14. The number of aliphatic hydroxyl groups is 1. The van der Waals surface area contributed by atoms with Crippen molar-refractivity contribution in [1.82, 2.24) is 14.5 Å². The zero-order valence-electron chi connectivity index (χ0n) is 15.7. The van der Waals surface area contributed by atoms with Crippen molar-refractivity contribution in [3.63, 3.8) is 0 Å². The van der Waals surface area contributed by atoms with Crippen molar-refractivity contribution in [3.05, 3.63) is 89.4 Å². The van der Waals surface area contributed by atoms with Gasteiger partial charge in [-0.15, -0.1) is 0 Å². The Morgan fingerprint density at radius 1 is 1.10 bits per heavy atom. The maximum absolute atomic E-state index is 9.19. The summed E-state index contributed by atoms with van der Waals surface area (Å²) in [7, 11) is 0. The van der Waals surface area contributed by atoms with Gasteiger partial charge >= 0.3 is 0 Å². The second-order valence-electron chi connectivity index (χ2n) is 7.11. The number of benzene rings is 2. The van der Waals surface area contributed by atoms with Gasteiger partial charge in [0.25, 0.3) is 0 Å². The van der Waals surface area contributed by atoms with Gasteiger partial charge in [0.05, 0.1) is 5.56 Å². The van der Waals surface area contributed by atoms with E-state index in [1.54, 1.807) is 17.1 Å². The maximum atomic E-state index is 9.19. The molecule has 2 aromatic carbocycles. The van der Waals surface area contributed by atoms with Crippen LogP contribution in [0, 0.1) is 5.41 Å². The average Bonchev–Trinajstić information content (AvgIpc) is 2.78. The summed E-state index contributed by atoms with van der Waals surface area (Å²) in [5, 5.41) is 20.1. The molecule has 2 aromatic heterocycles. The van der Waals surface area contributed by atoms with E-state index in [2.05, 4.69) is 28.2 Å². The van der Waals surface area contributed by atoms with Crippen LogP contribution in [-0.2, 0) is 6.54 Å².